The van der Waals surface area contributed by atoms with E-state index in [1.165, 1.54) is 9.25 Å². The molecule has 242 valence electrons. The number of aliphatic hydroxyl groups is 1. The van der Waals surface area contributed by atoms with E-state index in [1.807, 2.05) is 41.3 Å². The minimum absolute atomic E-state index is 0.0711. The van der Waals surface area contributed by atoms with Crippen molar-refractivity contribution in [3.63, 3.8) is 0 Å². The second-order valence-corrected chi connectivity index (χ2v) is 13.0. The van der Waals surface area contributed by atoms with Gasteiger partial charge in [0, 0.05) is 62.9 Å². The summed E-state index contributed by atoms with van der Waals surface area (Å²) in [5.41, 5.74) is 4.05. The highest BCUT2D eigenvalue weighted by atomic mass is 16.3. The molecule has 0 bridgehead atoms. The van der Waals surface area contributed by atoms with Gasteiger partial charge in [-0.1, -0.05) is 39.0 Å². The number of fused-ring (bicyclic) bond motifs is 1. The van der Waals surface area contributed by atoms with Crippen LogP contribution in [0.1, 0.15) is 38.8 Å². The topological polar surface area (TPSA) is 126 Å². The van der Waals surface area contributed by atoms with E-state index in [4.69, 9.17) is 0 Å². The SMILES string of the molecule is CC(=O)N1CCN(c2ccc(Nc3cc(-c4cccc(-n5ncc6cc(C(C)(C)C)ccc6c5=O)c4CO)cn(C)c3=O)nc2)CC1. The third-order valence-electron chi connectivity index (χ3n) is 8.79. The van der Waals surface area contributed by atoms with Crippen LogP contribution in [0.5, 0.6) is 0 Å². The zero-order valence-corrected chi connectivity index (χ0v) is 27.3. The Kier molecular flexibility index (Phi) is 8.42. The lowest BCUT2D eigenvalue weighted by atomic mass is 9.86. The summed E-state index contributed by atoms with van der Waals surface area (Å²) in [6, 6.07) is 16.7. The molecule has 1 fully saturated rings. The summed E-state index contributed by atoms with van der Waals surface area (Å²) in [5.74, 6) is 0.584. The molecule has 0 unspecified atom stereocenters. The number of aliphatic hydroxyl groups excluding tert-OH is 1. The van der Waals surface area contributed by atoms with E-state index in [9.17, 15) is 19.5 Å². The van der Waals surface area contributed by atoms with E-state index in [0.717, 1.165) is 29.7 Å². The summed E-state index contributed by atoms with van der Waals surface area (Å²) in [7, 11) is 1.66. The lowest BCUT2D eigenvalue weighted by Gasteiger charge is -2.35. The van der Waals surface area contributed by atoms with E-state index in [-0.39, 0.29) is 29.0 Å². The summed E-state index contributed by atoms with van der Waals surface area (Å²) >= 11 is 0. The number of hydrogen-bond donors (Lipinski definition) is 2. The van der Waals surface area contributed by atoms with E-state index < -0.39 is 0 Å². The second kappa shape index (κ2) is 12.5. The van der Waals surface area contributed by atoms with Gasteiger partial charge in [-0.05, 0) is 52.9 Å². The third-order valence-corrected chi connectivity index (χ3v) is 8.79. The molecule has 0 atom stereocenters. The van der Waals surface area contributed by atoms with Gasteiger partial charge in [0.05, 0.1) is 35.8 Å². The molecule has 11 heteroatoms. The first-order valence-electron chi connectivity index (χ1n) is 15.6. The first-order valence-corrected chi connectivity index (χ1v) is 15.6. The number of aromatic nitrogens is 4. The molecular weight excluding hydrogens is 594 g/mol. The van der Waals surface area contributed by atoms with Gasteiger partial charge in [-0.25, -0.2) is 4.98 Å². The Labute approximate surface area is 272 Å². The van der Waals surface area contributed by atoms with Crippen molar-refractivity contribution in [3.05, 3.63) is 105 Å². The Hall–Kier alpha value is -5.29. The van der Waals surface area contributed by atoms with E-state index in [0.29, 0.717) is 52.4 Å². The van der Waals surface area contributed by atoms with Crippen LogP contribution < -0.4 is 21.3 Å². The van der Waals surface area contributed by atoms with Gasteiger partial charge in [0.2, 0.25) is 5.91 Å². The predicted octanol–water partition coefficient (Wildman–Crippen LogP) is 4.35. The highest BCUT2D eigenvalue weighted by molar-refractivity contribution is 5.82. The molecule has 3 aromatic heterocycles. The Balaban J connectivity index is 1.31. The average Bonchev–Trinajstić information content (AvgIpc) is 3.06. The Morgan fingerprint density at radius 1 is 0.957 bits per heavy atom. The van der Waals surface area contributed by atoms with Crippen LogP contribution in [-0.2, 0) is 23.9 Å². The smallest absolute Gasteiger partial charge is 0.279 e. The van der Waals surface area contributed by atoms with Gasteiger partial charge in [0.15, 0.2) is 0 Å². The maximum Gasteiger partial charge on any atom is 0.279 e. The Morgan fingerprint density at radius 3 is 2.38 bits per heavy atom. The van der Waals surface area contributed by atoms with E-state index >= 15 is 0 Å². The monoisotopic (exact) mass is 633 g/mol. The minimum atomic E-state index is -0.351. The number of amides is 1. The normalized spacial score (nSPS) is 13.7. The van der Waals surface area contributed by atoms with Crippen molar-refractivity contribution >= 4 is 33.9 Å². The van der Waals surface area contributed by atoms with Crippen molar-refractivity contribution in [1.82, 2.24) is 24.2 Å². The molecule has 1 amide bonds. The number of carbonyl (C=O) groups excluding carboxylic acids is 1. The highest BCUT2D eigenvalue weighted by Gasteiger charge is 2.20. The van der Waals surface area contributed by atoms with E-state index in [2.05, 4.69) is 41.1 Å². The van der Waals surface area contributed by atoms with Crippen molar-refractivity contribution < 1.29 is 9.90 Å². The van der Waals surface area contributed by atoms with Crippen LogP contribution in [0, 0.1) is 0 Å². The van der Waals surface area contributed by atoms with Crippen molar-refractivity contribution in [2.45, 2.75) is 39.7 Å². The van der Waals surface area contributed by atoms with Crippen molar-refractivity contribution in [1.29, 1.82) is 0 Å². The second-order valence-electron chi connectivity index (χ2n) is 13.0. The van der Waals surface area contributed by atoms with Crippen molar-refractivity contribution in [3.8, 4) is 16.8 Å². The number of benzene rings is 2. The molecule has 5 aromatic rings. The number of piperazine rings is 1. The zero-order valence-electron chi connectivity index (χ0n) is 27.3. The highest BCUT2D eigenvalue weighted by Crippen LogP contribution is 2.30. The number of aryl methyl sites for hydroxylation is 1. The largest absolute Gasteiger partial charge is 0.392 e. The Bertz CT molecular complexity index is 2090. The van der Waals surface area contributed by atoms with Crippen molar-refractivity contribution in [2.24, 2.45) is 7.05 Å². The number of rotatable bonds is 6. The van der Waals surface area contributed by atoms with Crippen LogP contribution in [0.25, 0.3) is 27.6 Å². The van der Waals surface area contributed by atoms with Crippen LogP contribution in [0.3, 0.4) is 0 Å². The van der Waals surface area contributed by atoms with Gasteiger partial charge in [0.1, 0.15) is 11.5 Å². The molecule has 0 radical (unpaired) electrons. The quantitative estimate of drug-likeness (QED) is 0.283. The molecule has 47 heavy (non-hydrogen) atoms. The Morgan fingerprint density at radius 2 is 1.72 bits per heavy atom. The van der Waals surface area contributed by atoms with Crippen LogP contribution in [0.15, 0.2) is 82.8 Å². The molecule has 1 aliphatic heterocycles. The van der Waals surface area contributed by atoms with Crippen molar-refractivity contribution in [2.75, 3.05) is 36.4 Å². The molecule has 0 spiro atoms. The molecule has 6 rings (SSSR count). The summed E-state index contributed by atoms with van der Waals surface area (Å²) in [6.07, 6.45) is 5.14. The number of anilines is 3. The maximum absolute atomic E-state index is 13.7. The maximum atomic E-state index is 13.7. The molecule has 1 aliphatic rings. The fourth-order valence-electron chi connectivity index (χ4n) is 6.01. The zero-order chi connectivity index (χ0) is 33.5. The first kappa shape index (κ1) is 31.7. The first-order chi connectivity index (χ1) is 22.4. The fourth-order valence-corrected chi connectivity index (χ4v) is 6.01. The molecule has 0 aliphatic carbocycles. The molecular formula is C36H39N7O4. The molecule has 4 heterocycles. The summed E-state index contributed by atoms with van der Waals surface area (Å²) < 4.78 is 2.79. The van der Waals surface area contributed by atoms with E-state index in [1.54, 1.807) is 50.8 Å². The number of hydrogen-bond acceptors (Lipinski definition) is 8. The van der Waals surface area contributed by atoms with Gasteiger partial charge < -0.3 is 24.8 Å². The number of nitrogens with one attached hydrogen (secondary N) is 1. The summed E-state index contributed by atoms with van der Waals surface area (Å²) in [5, 5.41) is 19.5. The summed E-state index contributed by atoms with van der Waals surface area (Å²) in [6.45, 7) is 10.4. The molecule has 2 aromatic carbocycles. The molecule has 2 N–H and O–H groups in total. The average molecular weight is 634 g/mol. The predicted molar refractivity (Wildman–Crippen MR) is 185 cm³/mol. The van der Waals surface area contributed by atoms with Crippen LogP contribution >= 0.6 is 0 Å². The van der Waals surface area contributed by atoms with Gasteiger partial charge in [-0.15, -0.1) is 0 Å². The third kappa shape index (κ3) is 6.26. The minimum Gasteiger partial charge on any atom is -0.392 e. The molecule has 0 saturated carbocycles. The fraction of sp³-hybridized carbons (Fsp3) is 0.306. The summed E-state index contributed by atoms with van der Waals surface area (Å²) in [4.78, 5) is 47.1. The standard InChI is InChI=1S/C36H39N7O4/c1-23(45)41-13-15-42(16-14-41)27-10-12-33(37-20-27)39-31-18-25(21-40(5)35(31)47)28-7-6-8-32(30(28)22-44)43-34(46)29-11-9-26(36(2,3)4)17-24(29)19-38-43/h6-12,17-21,44H,13-16,22H2,1-5H3,(H,37,39). The van der Waals surface area contributed by atoms with Gasteiger partial charge in [-0.2, -0.15) is 9.78 Å². The molecule has 1 saturated heterocycles. The lowest BCUT2D eigenvalue weighted by Crippen LogP contribution is -2.48. The molecule has 11 nitrogen and oxygen atoms in total. The van der Waals surface area contributed by atoms with Crippen LogP contribution in [0.2, 0.25) is 0 Å². The number of nitrogens with zero attached hydrogens (tertiary/aromatic N) is 6. The van der Waals surface area contributed by atoms with Crippen LogP contribution in [0.4, 0.5) is 17.2 Å². The van der Waals surface area contributed by atoms with Gasteiger partial charge in [0.25, 0.3) is 11.1 Å². The van der Waals surface area contributed by atoms with Crippen LogP contribution in [-0.4, -0.2) is 61.4 Å². The lowest BCUT2D eigenvalue weighted by molar-refractivity contribution is -0.129. The van der Waals surface area contributed by atoms with Gasteiger partial charge >= 0.3 is 0 Å². The van der Waals surface area contributed by atoms with Gasteiger partial charge in [-0.3, -0.25) is 14.4 Å². The number of pyridine rings is 2. The number of carbonyl (C=O) groups is 1.